The molecular formula is C38H40FN7. The minimum atomic E-state index is -0.204. The maximum absolute atomic E-state index is 14.9. The van der Waals surface area contributed by atoms with Crippen molar-refractivity contribution in [2.45, 2.75) is 64.2 Å². The molecule has 8 rings (SSSR count). The fourth-order valence-corrected chi connectivity index (χ4v) is 7.62. The smallest absolute Gasteiger partial charge is 0.181 e. The number of H-pyrrole nitrogens is 2. The number of aromatic amines is 2. The van der Waals surface area contributed by atoms with Gasteiger partial charge in [-0.1, -0.05) is 38.2 Å². The van der Waals surface area contributed by atoms with E-state index in [1.54, 1.807) is 18.3 Å². The van der Waals surface area contributed by atoms with Crippen LogP contribution in [-0.2, 0) is 12.8 Å². The number of aryl methyl sites for hydroxylation is 1. The van der Waals surface area contributed by atoms with Gasteiger partial charge in [0.25, 0.3) is 0 Å². The van der Waals surface area contributed by atoms with Crippen molar-refractivity contribution in [2.75, 3.05) is 19.6 Å². The van der Waals surface area contributed by atoms with E-state index in [1.165, 1.54) is 63.6 Å². The zero-order valence-corrected chi connectivity index (χ0v) is 26.2. The molecule has 1 aliphatic heterocycles. The first-order valence-corrected chi connectivity index (χ1v) is 16.9. The molecule has 0 atom stereocenters. The van der Waals surface area contributed by atoms with Gasteiger partial charge in [0, 0.05) is 46.7 Å². The topological polar surface area (TPSA) is 86.4 Å². The van der Waals surface area contributed by atoms with Gasteiger partial charge in [0.2, 0.25) is 0 Å². The zero-order valence-electron chi connectivity index (χ0n) is 26.2. The Morgan fingerprint density at radius 2 is 1.65 bits per heavy atom. The van der Waals surface area contributed by atoms with Crippen LogP contribution in [0.25, 0.3) is 55.7 Å². The van der Waals surface area contributed by atoms with Gasteiger partial charge in [0.15, 0.2) is 5.65 Å². The predicted molar refractivity (Wildman–Crippen MR) is 182 cm³/mol. The molecule has 0 unspecified atom stereocenters. The Labute approximate surface area is 268 Å². The van der Waals surface area contributed by atoms with Gasteiger partial charge in [0.05, 0.1) is 11.4 Å². The highest BCUT2D eigenvalue weighted by Gasteiger charge is 2.18. The molecule has 7 nitrogen and oxygen atoms in total. The molecule has 6 heterocycles. The van der Waals surface area contributed by atoms with Gasteiger partial charge in [-0.15, -0.1) is 0 Å². The number of fused-ring (bicyclic) bond motifs is 2. The molecule has 1 aromatic carbocycles. The summed E-state index contributed by atoms with van der Waals surface area (Å²) in [6.07, 6.45) is 19.8. The van der Waals surface area contributed by atoms with Crippen molar-refractivity contribution in [3.63, 3.8) is 0 Å². The highest BCUT2D eigenvalue weighted by Crippen LogP contribution is 2.35. The summed E-state index contributed by atoms with van der Waals surface area (Å²) in [5, 5.41) is 9.59. The number of hydrogen-bond donors (Lipinski definition) is 2. The quantitative estimate of drug-likeness (QED) is 0.171. The molecule has 46 heavy (non-hydrogen) atoms. The number of rotatable bonds is 9. The lowest BCUT2D eigenvalue weighted by atomic mass is 9.85. The Morgan fingerprint density at radius 1 is 0.804 bits per heavy atom. The number of hydrogen-bond acceptors (Lipinski definition) is 5. The van der Waals surface area contributed by atoms with Crippen LogP contribution in [0.2, 0.25) is 0 Å². The third kappa shape index (κ3) is 6.06. The van der Waals surface area contributed by atoms with Crippen LogP contribution in [-0.4, -0.2) is 54.7 Å². The van der Waals surface area contributed by atoms with E-state index in [9.17, 15) is 4.39 Å². The Bertz CT molecular complexity index is 1980. The fourth-order valence-electron chi connectivity index (χ4n) is 7.62. The lowest BCUT2D eigenvalue weighted by Gasteiger charge is -2.21. The van der Waals surface area contributed by atoms with Gasteiger partial charge in [0.1, 0.15) is 11.5 Å². The first kappa shape index (κ1) is 29.0. The first-order chi connectivity index (χ1) is 22.7. The number of aromatic nitrogens is 6. The van der Waals surface area contributed by atoms with Crippen LogP contribution >= 0.6 is 0 Å². The summed E-state index contributed by atoms with van der Waals surface area (Å²) in [5.41, 5.74) is 9.34. The summed E-state index contributed by atoms with van der Waals surface area (Å²) in [4.78, 5) is 19.9. The second-order valence-electron chi connectivity index (χ2n) is 13.3. The monoisotopic (exact) mass is 613 g/mol. The second-order valence-corrected chi connectivity index (χ2v) is 13.3. The molecule has 6 aromatic rings. The van der Waals surface area contributed by atoms with E-state index >= 15 is 0 Å². The first-order valence-electron chi connectivity index (χ1n) is 16.9. The third-order valence-corrected chi connectivity index (χ3v) is 10.00. The Hall–Kier alpha value is -4.43. The number of halogens is 1. The normalized spacial score (nSPS) is 16.2. The summed E-state index contributed by atoms with van der Waals surface area (Å²) in [7, 11) is 0. The molecule has 0 bridgehead atoms. The largest absolute Gasteiger partial charge is 0.338 e. The number of benzene rings is 1. The number of nitrogens with one attached hydrogen (secondary N) is 2. The minimum absolute atomic E-state index is 0.204. The van der Waals surface area contributed by atoms with Crippen LogP contribution in [0.4, 0.5) is 4.39 Å². The standard InChI is InChI=1S/C38H40FN7/c39-31-18-26(9-6-14-46-12-4-5-13-46)16-28(19-31)32-10-11-41-37-33(32)21-35(43-37)36-34-20-30(24-42-38(34)45-44-36)29-17-27(22-40-23-29)15-25-7-2-1-3-8-25/h10-11,16-25H,1-9,12-15H2,(H,41,43)(H,42,44,45). The number of nitrogens with zero attached hydrogens (tertiary/aromatic N) is 5. The zero-order chi connectivity index (χ0) is 30.9. The molecule has 0 amide bonds. The molecule has 2 aliphatic rings. The van der Waals surface area contributed by atoms with Crippen molar-refractivity contribution in [1.29, 1.82) is 0 Å². The van der Waals surface area contributed by atoms with E-state index in [2.05, 4.69) is 54.3 Å². The van der Waals surface area contributed by atoms with Crippen molar-refractivity contribution in [1.82, 2.24) is 35.0 Å². The van der Waals surface area contributed by atoms with Crippen LogP contribution < -0.4 is 0 Å². The van der Waals surface area contributed by atoms with Crippen molar-refractivity contribution in [3.05, 3.63) is 84.2 Å². The fraction of sp³-hybridized carbons (Fsp3) is 0.368. The molecule has 234 valence electrons. The highest BCUT2D eigenvalue weighted by molar-refractivity contribution is 5.99. The minimum Gasteiger partial charge on any atom is -0.338 e. The molecule has 8 heteroatoms. The van der Waals surface area contributed by atoms with E-state index in [0.29, 0.717) is 5.65 Å². The van der Waals surface area contributed by atoms with Crippen LogP contribution in [0.15, 0.2) is 67.3 Å². The van der Waals surface area contributed by atoms with Gasteiger partial charge in [-0.2, -0.15) is 5.10 Å². The summed E-state index contributed by atoms with van der Waals surface area (Å²) < 4.78 is 14.9. The Morgan fingerprint density at radius 3 is 2.54 bits per heavy atom. The van der Waals surface area contributed by atoms with Crippen molar-refractivity contribution in [3.8, 4) is 33.6 Å². The summed E-state index contributed by atoms with van der Waals surface area (Å²) >= 11 is 0. The Kier molecular flexibility index (Phi) is 8.04. The molecule has 5 aromatic heterocycles. The number of pyridine rings is 3. The van der Waals surface area contributed by atoms with Crippen LogP contribution in [0.5, 0.6) is 0 Å². The second kappa shape index (κ2) is 12.8. The van der Waals surface area contributed by atoms with Crippen molar-refractivity contribution < 1.29 is 4.39 Å². The number of likely N-dealkylation sites (tertiary alicyclic amines) is 1. The summed E-state index contributed by atoms with van der Waals surface area (Å²) in [6.45, 7) is 3.45. The van der Waals surface area contributed by atoms with Crippen LogP contribution in [0.1, 0.15) is 62.5 Å². The third-order valence-electron chi connectivity index (χ3n) is 10.00. The molecule has 2 N–H and O–H groups in total. The molecule has 0 radical (unpaired) electrons. The molecule has 1 aliphatic carbocycles. The van der Waals surface area contributed by atoms with Gasteiger partial charge >= 0.3 is 0 Å². The average molecular weight is 614 g/mol. The maximum Gasteiger partial charge on any atom is 0.181 e. The van der Waals surface area contributed by atoms with Crippen LogP contribution in [0, 0.1) is 11.7 Å². The Balaban J connectivity index is 1.08. The highest BCUT2D eigenvalue weighted by atomic mass is 19.1. The van der Waals surface area contributed by atoms with E-state index in [0.717, 1.165) is 87.3 Å². The molecule has 2 fully saturated rings. The summed E-state index contributed by atoms with van der Waals surface area (Å²) in [6, 6.07) is 13.9. The predicted octanol–water partition coefficient (Wildman–Crippen LogP) is 8.52. The maximum atomic E-state index is 14.9. The van der Waals surface area contributed by atoms with E-state index in [-0.39, 0.29) is 5.82 Å². The van der Waals surface area contributed by atoms with Gasteiger partial charge in [-0.25, -0.2) is 14.4 Å². The summed E-state index contributed by atoms with van der Waals surface area (Å²) in [5.74, 6) is 0.552. The van der Waals surface area contributed by atoms with Crippen molar-refractivity contribution in [2.24, 2.45) is 5.92 Å². The molecule has 1 saturated carbocycles. The van der Waals surface area contributed by atoms with Gasteiger partial charge < -0.3 is 9.88 Å². The van der Waals surface area contributed by atoms with E-state index in [4.69, 9.17) is 4.98 Å². The van der Waals surface area contributed by atoms with Crippen molar-refractivity contribution >= 4 is 22.1 Å². The van der Waals surface area contributed by atoms with E-state index < -0.39 is 0 Å². The van der Waals surface area contributed by atoms with E-state index in [1.807, 2.05) is 24.7 Å². The average Bonchev–Trinajstić information content (AvgIpc) is 3.85. The SMILES string of the molecule is Fc1cc(CCCN2CCCC2)cc(-c2ccnc3[nH]c(-c4[nH]nc5ncc(-c6cncc(CC7CCCCC7)c6)cc45)cc23)c1. The van der Waals surface area contributed by atoms with Gasteiger partial charge in [-0.05, 0) is 116 Å². The molecule has 0 spiro atoms. The molecular weight excluding hydrogens is 573 g/mol. The van der Waals surface area contributed by atoms with Crippen LogP contribution in [0.3, 0.4) is 0 Å². The lowest BCUT2D eigenvalue weighted by molar-refractivity contribution is 0.334. The van der Waals surface area contributed by atoms with Gasteiger partial charge in [-0.3, -0.25) is 10.1 Å². The molecule has 1 saturated heterocycles. The lowest BCUT2D eigenvalue weighted by Crippen LogP contribution is -2.20.